The number of nitrogens with one attached hydrogen (secondary N) is 1. The summed E-state index contributed by atoms with van der Waals surface area (Å²) in [6, 6.07) is 5.33. The van der Waals surface area contributed by atoms with Crippen LogP contribution in [0.1, 0.15) is 17.4 Å². The fraction of sp³-hybridized carbons (Fsp3) is 0.273. The van der Waals surface area contributed by atoms with E-state index in [2.05, 4.69) is 15.4 Å². The highest BCUT2D eigenvalue weighted by Gasteiger charge is 2.17. The SMILES string of the molecule is OC(c1ccc2c(c1)OCCO2)c1cn[nH]n1. The zero-order chi connectivity index (χ0) is 11.7. The first-order chi connectivity index (χ1) is 8.34. The Labute approximate surface area is 97.2 Å². The van der Waals surface area contributed by atoms with Crippen molar-refractivity contribution >= 4 is 0 Å². The van der Waals surface area contributed by atoms with E-state index in [0.29, 0.717) is 36.0 Å². The predicted molar refractivity (Wildman–Crippen MR) is 57.9 cm³/mol. The lowest BCUT2D eigenvalue weighted by molar-refractivity contribution is 0.169. The minimum absolute atomic E-state index is 0.474. The Morgan fingerprint density at radius 3 is 2.82 bits per heavy atom. The minimum Gasteiger partial charge on any atom is -0.486 e. The molecule has 6 heteroatoms. The molecule has 0 radical (unpaired) electrons. The summed E-state index contributed by atoms with van der Waals surface area (Å²) in [6.45, 7) is 1.08. The van der Waals surface area contributed by atoms with Crippen LogP contribution in [0.15, 0.2) is 24.4 Å². The van der Waals surface area contributed by atoms with Crippen LogP contribution in [0.3, 0.4) is 0 Å². The third-order valence-electron chi connectivity index (χ3n) is 2.60. The molecular weight excluding hydrogens is 222 g/mol. The van der Waals surface area contributed by atoms with Crippen molar-refractivity contribution in [3.8, 4) is 11.5 Å². The molecule has 1 aliphatic heterocycles. The second-order valence-electron chi connectivity index (χ2n) is 3.70. The lowest BCUT2D eigenvalue weighted by Crippen LogP contribution is -2.15. The molecule has 0 bridgehead atoms. The van der Waals surface area contributed by atoms with Gasteiger partial charge in [-0.25, -0.2) is 0 Å². The average Bonchev–Trinajstić information content (AvgIpc) is 2.91. The van der Waals surface area contributed by atoms with Crippen LogP contribution in [0, 0.1) is 0 Å². The summed E-state index contributed by atoms with van der Waals surface area (Å²) in [5.74, 6) is 1.35. The fourth-order valence-corrected chi connectivity index (χ4v) is 1.74. The van der Waals surface area contributed by atoms with Crippen molar-refractivity contribution in [1.82, 2.24) is 15.4 Å². The first kappa shape index (κ1) is 10.1. The van der Waals surface area contributed by atoms with Gasteiger partial charge in [-0.2, -0.15) is 15.4 Å². The molecule has 17 heavy (non-hydrogen) atoms. The first-order valence-corrected chi connectivity index (χ1v) is 5.28. The topological polar surface area (TPSA) is 80.3 Å². The molecule has 0 fully saturated rings. The molecule has 0 aliphatic carbocycles. The number of aliphatic hydroxyl groups is 1. The van der Waals surface area contributed by atoms with Crippen LogP contribution in [-0.2, 0) is 0 Å². The fourth-order valence-electron chi connectivity index (χ4n) is 1.74. The number of hydrogen-bond acceptors (Lipinski definition) is 5. The largest absolute Gasteiger partial charge is 0.486 e. The van der Waals surface area contributed by atoms with Crippen molar-refractivity contribution in [3.05, 3.63) is 35.7 Å². The molecule has 2 N–H and O–H groups in total. The van der Waals surface area contributed by atoms with Crippen molar-refractivity contribution in [1.29, 1.82) is 0 Å². The standard InChI is InChI=1S/C11H11N3O3/c15-11(8-6-12-14-13-8)7-1-2-9-10(5-7)17-4-3-16-9/h1-2,5-6,11,15H,3-4H2,(H,12,13,14). The molecule has 0 saturated heterocycles. The van der Waals surface area contributed by atoms with Crippen LogP contribution in [-0.4, -0.2) is 33.7 Å². The molecule has 0 spiro atoms. The van der Waals surface area contributed by atoms with Crippen molar-refractivity contribution in [3.63, 3.8) is 0 Å². The van der Waals surface area contributed by atoms with Gasteiger partial charge in [0.2, 0.25) is 0 Å². The van der Waals surface area contributed by atoms with Crippen LogP contribution >= 0.6 is 0 Å². The van der Waals surface area contributed by atoms with Gasteiger partial charge in [-0.1, -0.05) is 6.07 Å². The summed E-state index contributed by atoms with van der Waals surface area (Å²) >= 11 is 0. The maximum absolute atomic E-state index is 10.1. The van der Waals surface area contributed by atoms with Gasteiger partial charge in [0.1, 0.15) is 25.0 Å². The Bertz CT molecular complexity index is 513. The Balaban J connectivity index is 1.93. The van der Waals surface area contributed by atoms with Gasteiger partial charge in [-0.15, -0.1) is 0 Å². The van der Waals surface area contributed by atoms with Gasteiger partial charge in [0, 0.05) is 0 Å². The van der Waals surface area contributed by atoms with Gasteiger partial charge < -0.3 is 14.6 Å². The normalized spacial score (nSPS) is 15.6. The van der Waals surface area contributed by atoms with E-state index in [1.165, 1.54) is 6.20 Å². The summed E-state index contributed by atoms with van der Waals surface area (Å²) in [7, 11) is 0. The molecule has 0 amide bonds. The Kier molecular flexibility index (Phi) is 2.41. The third kappa shape index (κ3) is 1.83. The van der Waals surface area contributed by atoms with E-state index in [1.54, 1.807) is 18.2 Å². The number of H-pyrrole nitrogens is 1. The van der Waals surface area contributed by atoms with Crippen LogP contribution in [0.4, 0.5) is 0 Å². The molecule has 2 heterocycles. The predicted octanol–water partition coefficient (Wildman–Crippen LogP) is 0.658. The van der Waals surface area contributed by atoms with E-state index in [1.807, 2.05) is 0 Å². The van der Waals surface area contributed by atoms with E-state index < -0.39 is 6.10 Å². The van der Waals surface area contributed by atoms with Gasteiger partial charge in [-0.05, 0) is 17.7 Å². The molecule has 2 aromatic rings. The summed E-state index contributed by atoms with van der Waals surface area (Å²) in [5.41, 5.74) is 1.17. The van der Waals surface area contributed by atoms with Crippen LogP contribution in [0.5, 0.6) is 11.5 Å². The number of rotatable bonds is 2. The maximum Gasteiger partial charge on any atom is 0.161 e. The maximum atomic E-state index is 10.1. The number of aromatic nitrogens is 3. The molecule has 6 nitrogen and oxygen atoms in total. The Morgan fingerprint density at radius 2 is 2.06 bits per heavy atom. The quantitative estimate of drug-likeness (QED) is 0.796. The minimum atomic E-state index is -0.815. The molecule has 88 valence electrons. The highest BCUT2D eigenvalue weighted by molar-refractivity contribution is 5.45. The summed E-state index contributed by atoms with van der Waals surface area (Å²) in [4.78, 5) is 0. The number of fused-ring (bicyclic) bond motifs is 1. The van der Waals surface area contributed by atoms with Gasteiger partial charge in [0.05, 0.1) is 6.20 Å². The summed E-state index contributed by atoms with van der Waals surface area (Å²) in [6.07, 6.45) is 0.672. The van der Waals surface area contributed by atoms with E-state index in [0.717, 1.165) is 0 Å². The smallest absolute Gasteiger partial charge is 0.161 e. The van der Waals surface area contributed by atoms with E-state index in [4.69, 9.17) is 9.47 Å². The number of aromatic amines is 1. The van der Waals surface area contributed by atoms with Crippen molar-refractivity contribution in [2.24, 2.45) is 0 Å². The molecular formula is C11H11N3O3. The Morgan fingerprint density at radius 1 is 1.24 bits per heavy atom. The zero-order valence-electron chi connectivity index (χ0n) is 8.96. The number of aliphatic hydroxyl groups excluding tert-OH is 1. The number of ether oxygens (including phenoxy) is 2. The number of benzene rings is 1. The number of nitrogens with zero attached hydrogens (tertiary/aromatic N) is 2. The second kappa shape index (κ2) is 4.06. The van der Waals surface area contributed by atoms with Crippen LogP contribution < -0.4 is 9.47 Å². The summed E-state index contributed by atoms with van der Waals surface area (Å²) < 4.78 is 10.9. The molecule has 3 rings (SSSR count). The van der Waals surface area contributed by atoms with Crippen molar-refractivity contribution in [2.75, 3.05) is 13.2 Å². The Hall–Kier alpha value is -2.08. The van der Waals surface area contributed by atoms with E-state index >= 15 is 0 Å². The monoisotopic (exact) mass is 233 g/mol. The molecule has 1 aliphatic rings. The molecule has 0 saturated carbocycles. The number of hydrogen-bond donors (Lipinski definition) is 2. The molecule has 1 unspecified atom stereocenters. The third-order valence-corrected chi connectivity index (χ3v) is 2.60. The van der Waals surface area contributed by atoms with Crippen molar-refractivity contribution < 1.29 is 14.6 Å². The zero-order valence-corrected chi connectivity index (χ0v) is 8.96. The second-order valence-corrected chi connectivity index (χ2v) is 3.70. The molecule has 1 aromatic heterocycles. The van der Waals surface area contributed by atoms with E-state index in [9.17, 15) is 5.11 Å². The highest BCUT2D eigenvalue weighted by Crippen LogP contribution is 2.33. The lowest BCUT2D eigenvalue weighted by Gasteiger charge is -2.19. The molecule has 1 aromatic carbocycles. The summed E-state index contributed by atoms with van der Waals surface area (Å²) in [5, 5.41) is 20.0. The van der Waals surface area contributed by atoms with Gasteiger partial charge >= 0.3 is 0 Å². The average molecular weight is 233 g/mol. The lowest BCUT2D eigenvalue weighted by atomic mass is 10.1. The molecule has 1 atom stereocenters. The van der Waals surface area contributed by atoms with Gasteiger partial charge in [-0.3, -0.25) is 0 Å². The van der Waals surface area contributed by atoms with Crippen LogP contribution in [0.2, 0.25) is 0 Å². The highest BCUT2D eigenvalue weighted by atomic mass is 16.6. The van der Waals surface area contributed by atoms with Crippen molar-refractivity contribution in [2.45, 2.75) is 6.10 Å². The van der Waals surface area contributed by atoms with E-state index in [-0.39, 0.29) is 0 Å². The first-order valence-electron chi connectivity index (χ1n) is 5.28. The van der Waals surface area contributed by atoms with Gasteiger partial charge in [0.15, 0.2) is 11.5 Å². The van der Waals surface area contributed by atoms with Crippen LogP contribution in [0.25, 0.3) is 0 Å². The van der Waals surface area contributed by atoms with Gasteiger partial charge in [0.25, 0.3) is 0 Å².